The van der Waals surface area contributed by atoms with Crippen LogP contribution in [0.4, 0.5) is 4.39 Å². The highest BCUT2D eigenvalue weighted by molar-refractivity contribution is 5.71. The van der Waals surface area contributed by atoms with Crippen molar-refractivity contribution in [2.24, 2.45) is 0 Å². The summed E-state index contributed by atoms with van der Waals surface area (Å²) >= 11 is 0. The van der Waals surface area contributed by atoms with Gasteiger partial charge in [0.25, 0.3) is 0 Å². The highest BCUT2D eigenvalue weighted by Gasteiger charge is 2.13. The summed E-state index contributed by atoms with van der Waals surface area (Å²) in [6.07, 6.45) is -0.288. The molecule has 0 fully saturated rings. The molecule has 4 nitrogen and oxygen atoms in total. The zero-order valence-corrected chi connectivity index (χ0v) is 8.41. The second-order valence-electron chi connectivity index (χ2n) is 2.87. The Morgan fingerprint density at radius 1 is 1.33 bits per heavy atom. The van der Waals surface area contributed by atoms with E-state index in [1.54, 1.807) is 0 Å². The van der Waals surface area contributed by atoms with Crippen molar-refractivity contribution >= 4 is 5.97 Å². The number of aliphatic carboxylic acids is 1. The van der Waals surface area contributed by atoms with Crippen LogP contribution in [-0.4, -0.2) is 25.3 Å². The maximum absolute atomic E-state index is 13.2. The van der Waals surface area contributed by atoms with Crippen LogP contribution in [0.2, 0.25) is 0 Å². The number of carboxylic acids is 1. The van der Waals surface area contributed by atoms with Gasteiger partial charge in [-0.05, 0) is 6.07 Å². The quantitative estimate of drug-likeness (QED) is 0.824. The predicted molar refractivity (Wildman–Crippen MR) is 50.8 cm³/mol. The summed E-state index contributed by atoms with van der Waals surface area (Å²) in [5, 5.41) is 8.60. The lowest BCUT2D eigenvalue weighted by Gasteiger charge is -2.09. The summed E-state index contributed by atoms with van der Waals surface area (Å²) in [7, 11) is 2.72. The van der Waals surface area contributed by atoms with Gasteiger partial charge in [0.2, 0.25) is 0 Å². The van der Waals surface area contributed by atoms with Gasteiger partial charge in [-0.2, -0.15) is 0 Å². The molecule has 82 valence electrons. The third-order valence-electron chi connectivity index (χ3n) is 1.90. The molecule has 0 unspecified atom stereocenters. The third kappa shape index (κ3) is 2.59. The van der Waals surface area contributed by atoms with Crippen molar-refractivity contribution in [3.63, 3.8) is 0 Å². The molecule has 1 N–H and O–H groups in total. The molecule has 0 aliphatic carbocycles. The summed E-state index contributed by atoms with van der Waals surface area (Å²) in [4.78, 5) is 10.5. The molecule has 0 amide bonds. The van der Waals surface area contributed by atoms with Crippen LogP contribution in [0, 0.1) is 5.82 Å². The summed E-state index contributed by atoms with van der Waals surface area (Å²) in [6, 6.07) is 2.43. The lowest BCUT2D eigenvalue weighted by molar-refractivity contribution is -0.136. The fourth-order valence-corrected chi connectivity index (χ4v) is 1.22. The highest BCUT2D eigenvalue weighted by Crippen LogP contribution is 2.28. The molecule has 0 aliphatic heterocycles. The topological polar surface area (TPSA) is 55.8 Å². The van der Waals surface area contributed by atoms with E-state index in [0.29, 0.717) is 5.75 Å². The molecule has 0 aliphatic rings. The smallest absolute Gasteiger partial charge is 0.307 e. The standard InChI is InChI=1S/C10H11FO4/c1-14-8-5-9(15-2)7(11)3-6(8)4-10(12)13/h3,5H,4H2,1-2H3,(H,12,13). The average molecular weight is 214 g/mol. The molecule has 15 heavy (non-hydrogen) atoms. The number of benzene rings is 1. The van der Waals surface area contributed by atoms with Gasteiger partial charge in [-0.1, -0.05) is 0 Å². The minimum Gasteiger partial charge on any atom is -0.496 e. The van der Waals surface area contributed by atoms with Gasteiger partial charge in [-0.15, -0.1) is 0 Å². The minimum atomic E-state index is -1.04. The van der Waals surface area contributed by atoms with Crippen LogP contribution < -0.4 is 9.47 Å². The van der Waals surface area contributed by atoms with Gasteiger partial charge in [-0.25, -0.2) is 4.39 Å². The highest BCUT2D eigenvalue weighted by atomic mass is 19.1. The molecule has 0 saturated heterocycles. The van der Waals surface area contributed by atoms with E-state index >= 15 is 0 Å². The van der Waals surface area contributed by atoms with Crippen molar-refractivity contribution in [1.82, 2.24) is 0 Å². The molecule has 0 spiro atoms. The van der Waals surface area contributed by atoms with Crippen LogP contribution in [0.15, 0.2) is 12.1 Å². The second-order valence-corrected chi connectivity index (χ2v) is 2.87. The van der Waals surface area contributed by atoms with Crippen molar-refractivity contribution in [3.8, 4) is 11.5 Å². The summed E-state index contributed by atoms with van der Waals surface area (Å²) in [5.74, 6) is -1.32. The Balaban J connectivity index is 3.15. The molecule has 0 radical (unpaired) electrons. The van der Waals surface area contributed by atoms with E-state index in [0.717, 1.165) is 6.07 Å². The van der Waals surface area contributed by atoms with Crippen molar-refractivity contribution < 1.29 is 23.8 Å². The van der Waals surface area contributed by atoms with Crippen LogP contribution >= 0.6 is 0 Å². The Bertz CT molecular complexity index is 376. The molecule has 0 saturated carbocycles. The maximum atomic E-state index is 13.2. The van der Waals surface area contributed by atoms with Gasteiger partial charge in [0.05, 0.1) is 20.6 Å². The van der Waals surface area contributed by atoms with E-state index < -0.39 is 11.8 Å². The van der Waals surface area contributed by atoms with Crippen molar-refractivity contribution in [2.75, 3.05) is 14.2 Å². The Morgan fingerprint density at radius 3 is 2.40 bits per heavy atom. The van der Waals surface area contributed by atoms with Crippen molar-refractivity contribution in [1.29, 1.82) is 0 Å². The predicted octanol–water partition coefficient (Wildman–Crippen LogP) is 1.47. The number of carboxylic acid groups (broad SMARTS) is 1. The summed E-state index contributed by atoms with van der Waals surface area (Å²) in [6.45, 7) is 0. The number of ether oxygens (including phenoxy) is 2. The first-order valence-corrected chi connectivity index (χ1v) is 4.20. The number of halogens is 1. The van der Waals surface area contributed by atoms with Crippen LogP contribution in [-0.2, 0) is 11.2 Å². The van der Waals surface area contributed by atoms with E-state index in [1.807, 2.05) is 0 Å². The number of hydrogen-bond acceptors (Lipinski definition) is 3. The SMILES string of the molecule is COc1cc(OC)c(CC(=O)O)cc1F. The molecule has 0 atom stereocenters. The van der Waals surface area contributed by atoms with Crippen LogP contribution in [0.25, 0.3) is 0 Å². The fourth-order valence-electron chi connectivity index (χ4n) is 1.22. The number of hydrogen-bond donors (Lipinski definition) is 1. The fraction of sp³-hybridized carbons (Fsp3) is 0.300. The Hall–Kier alpha value is -1.78. The zero-order valence-electron chi connectivity index (χ0n) is 8.41. The normalized spacial score (nSPS) is 9.80. The van der Waals surface area contributed by atoms with Gasteiger partial charge >= 0.3 is 5.97 Å². The van der Waals surface area contributed by atoms with Crippen LogP contribution in [0.5, 0.6) is 11.5 Å². The number of carbonyl (C=O) groups is 1. The molecular formula is C10H11FO4. The molecule has 1 aromatic rings. The summed E-state index contributed by atoms with van der Waals surface area (Å²) in [5.41, 5.74) is 0.281. The number of rotatable bonds is 4. The molecule has 0 heterocycles. The Labute approximate surface area is 86.2 Å². The Kier molecular flexibility index (Phi) is 3.49. The minimum absolute atomic E-state index is 0.0287. The molecule has 1 aromatic carbocycles. The number of methoxy groups -OCH3 is 2. The van der Waals surface area contributed by atoms with Gasteiger partial charge in [-0.3, -0.25) is 4.79 Å². The van der Waals surface area contributed by atoms with E-state index in [-0.39, 0.29) is 17.7 Å². The third-order valence-corrected chi connectivity index (χ3v) is 1.90. The van der Waals surface area contributed by atoms with E-state index in [9.17, 15) is 9.18 Å². The van der Waals surface area contributed by atoms with Gasteiger partial charge < -0.3 is 14.6 Å². The maximum Gasteiger partial charge on any atom is 0.307 e. The largest absolute Gasteiger partial charge is 0.496 e. The first-order valence-electron chi connectivity index (χ1n) is 4.20. The summed E-state index contributed by atoms with van der Waals surface area (Å²) < 4.78 is 22.9. The molecule has 5 heteroatoms. The second kappa shape index (κ2) is 4.63. The first kappa shape index (κ1) is 11.3. The van der Waals surface area contributed by atoms with E-state index in [1.165, 1.54) is 20.3 Å². The van der Waals surface area contributed by atoms with E-state index in [4.69, 9.17) is 14.6 Å². The average Bonchev–Trinajstić information content (AvgIpc) is 2.17. The van der Waals surface area contributed by atoms with E-state index in [2.05, 4.69) is 0 Å². The molecule has 1 rings (SSSR count). The molecule has 0 bridgehead atoms. The van der Waals surface area contributed by atoms with Gasteiger partial charge in [0, 0.05) is 11.6 Å². The molecule has 0 aromatic heterocycles. The van der Waals surface area contributed by atoms with Crippen LogP contribution in [0.1, 0.15) is 5.56 Å². The lowest BCUT2D eigenvalue weighted by atomic mass is 10.1. The van der Waals surface area contributed by atoms with Crippen molar-refractivity contribution in [2.45, 2.75) is 6.42 Å². The zero-order chi connectivity index (χ0) is 11.4. The molecular weight excluding hydrogens is 203 g/mol. The van der Waals surface area contributed by atoms with Crippen molar-refractivity contribution in [3.05, 3.63) is 23.5 Å². The van der Waals surface area contributed by atoms with Gasteiger partial charge in [0.1, 0.15) is 5.75 Å². The lowest BCUT2D eigenvalue weighted by Crippen LogP contribution is -2.03. The Morgan fingerprint density at radius 2 is 1.93 bits per heavy atom. The first-order chi connectivity index (χ1) is 7.08. The van der Waals surface area contributed by atoms with Gasteiger partial charge in [0.15, 0.2) is 11.6 Å². The van der Waals surface area contributed by atoms with Crippen LogP contribution in [0.3, 0.4) is 0 Å². The monoisotopic (exact) mass is 214 g/mol.